The molecule has 0 bridgehead atoms. The van der Waals surface area contributed by atoms with Crippen molar-refractivity contribution in [2.75, 3.05) is 19.1 Å². The number of nitrogens with zero attached hydrogens (tertiary/aromatic N) is 1. The molecule has 8 heteroatoms. The van der Waals surface area contributed by atoms with E-state index in [1.54, 1.807) is 12.1 Å². The lowest BCUT2D eigenvalue weighted by molar-refractivity contribution is -0.135. The summed E-state index contributed by atoms with van der Waals surface area (Å²) in [7, 11) is -1.59. The zero-order chi connectivity index (χ0) is 19.1. The smallest absolute Gasteiger partial charge is 0.351 e. The van der Waals surface area contributed by atoms with Gasteiger partial charge in [-0.25, -0.2) is 17.6 Å². The number of aryl methyl sites for hydroxylation is 1. The Morgan fingerprint density at radius 1 is 1.08 bits per heavy atom. The summed E-state index contributed by atoms with van der Waals surface area (Å²) < 4.78 is 49.3. The van der Waals surface area contributed by atoms with Crippen LogP contribution in [-0.2, 0) is 19.4 Å². The van der Waals surface area contributed by atoms with E-state index in [-0.39, 0.29) is 10.6 Å². The molecular formula is C18H16FNO5S. The Morgan fingerprint density at radius 3 is 2.46 bits per heavy atom. The summed E-state index contributed by atoms with van der Waals surface area (Å²) in [5.41, 5.74) is 1.43. The van der Waals surface area contributed by atoms with Gasteiger partial charge >= 0.3 is 5.97 Å². The van der Waals surface area contributed by atoms with E-state index in [9.17, 15) is 17.6 Å². The second kappa shape index (κ2) is 6.45. The molecule has 3 rings (SSSR count). The summed E-state index contributed by atoms with van der Waals surface area (Å²) in [5, 5.41) is 0. The van der Waals surface area contributed by atoms with Gasteiger partial charge in [0.15, 0.2) is 4.91 Å². The quantitative estimate of drug-likeness (QED) is 0.605. The highest BCUT2D eigenvalue weighted by Gasteiger charge is 2.37. The van der Waals surface area contributed by atoms with Gasteiger partial charge in [0.25, 0.3) is 0 Å². The number of hydrogen-bond donors (Lipinski definition) is 0. The van der Waals surface area contributed by atoms with E-state index in [2.05, 4.69) is 4.74 Å². The molecule has 1 heterocycles. The SMILES string of the molecule is COC(=O)C1=CN(c2cc(C)ccc2OC)c2cc(F)ccc2S1(=O)=O. The average Bonchev–Trinajstić information content (AvgIpc) is 2.61. The van der Waals surface area contributed by atoms with E-state index in [0.717, 1.165) is 37.1 Å². The molecule has 0 radical (unpaired) electrons. The van der Waals surface area contributed by atoms with Gasteiger partial charge in [-0.1, -0.05) is 6.07 Å². The Bertz CT molecular complexity index is 1030. The predicted octanol–water partition coefficient (Wildman–Crippen LogP) is 3.08. The summed E-state index contributed by atoms with van der Waals surface area (Å²) in [6.45, 7) is 1.85. The summed E-state index contributed by atoms with van der Waals surface area (Å²) in [6, 6.07) is 8.53. The lowest BCUT2D eigenvalue weighted by Gasteiger charge is -2.29. The van der Waals surface area contributed by atoms with Crippen LogP contribution in [0.4, 0.5) is 15.8 Å². The molecule has 136 valence electrons. The van der Waals surface area contributed by atoms with Crippen molar-refractivity contribution in [2.24, 2.45) is 0 Å². The molecule has 0 spiro atoms. The van der Waals surface area contributed by atoms with Crippen LogP contribution in [0.5, 0.6) is 5.75 Å². The van der Waals surface area contributed by atoms with Crippen LogP contribution in [0.15, 0.2) is 52.4 Å². The molecule has 0 saturated carbocycles. The van der Waals surface area contributed by atoms with E-state index >= 15 is 0 Å². The van der Waals surface area contributed by atoms with Gasteiger partial charge in [-0.15, -0.1) is 0 Å². The maximum Gasteiger partial charge on any atom is 0.351 e. The minimum atomic E-state index is -4.14. The van der Waals surface area contributed by atoms with E-state index in [1.165, 1.54) is 12.0 Å². The van der Waals surface area contributed by atoms with Crippen molar-refractivity contribution < 1.29 is 27.1 Å². The Hall–Kier alpha value is -2.87. The lowest BCUT2D eigenvalue weighted by atomic mass is 10.1. The van der Waals surface area contributed by atoms with Crippen molar-refractivity contribution in [1.82, 2.24) is 0 Å². The number of carbonyl (C=O) groups is 1. The van der Waals surface area contributed by atoms with Gasteiger partial charge in [0.2, 0.25) is 9.84 Å². The molecule has 1 aliphatic rings. The molecule has 1 aliphatic heterocycles. The highest BCUT2D eigenvalue weighted by atomic mass is 32.2. The van der Waals surface area contributed by atoms with Crippen molar-refractivity contribution >= 4 is 27.2 Å². The van der Waals surface area contributed by atoms with Gasteiger partial charge in [0.1, 0.15) is 11.6 Å². The van der Waals surface area contributed by atoms with Crippen molar-refractivity contribution in [3.8, 4) is 5.75 Å². The van der Waals surface area contributed by atoms with Crippen LogP contribution >= 0.6 is 0 Å². The molecule has 0 fully saturated rings. The number of rotatable bonds is 3. The number of esters is 1. The van der Waals surface area contributed by atoms with E-state index in [4.69, 9.17) is 4.74 Å². The van der Waals surface area contributed by atoms with Crippen molar-refractivity contribution in [2.45, 2.75) is 11.8 Å². The molecule has 26 heavy (non-hydrogen) atoms. The standard InChI is InChI=1S/C18H16FNO5S/c1-11-4-6-15(24-2)13(8-11)20-10-17(18(21)25-3)26(22,23)16-7-5-12(19)9-14(16)20/h4-10H,1-3H3. The number of benzene rings is 2. The summed E-state index contributed by atoms with van der Waals surface area (Å²) in [4.78, 5) is 12.7. The van der Waals surface area contributed by atoms with Crippen molar-refractivity contribution in [3.63, 3.8) is 0 Å². The van der Waals surface area contributed by atoms with E-state index in [0.29, 0.717) is 11.4 Å². The van der Waals surface area contributed by atoms with Gasteiger partial charge in [0, 0.05) is 6.20 Å². The second-order valence-corrected chi connectivity index (χ2v) is 7.53. The van der Waals surface area contributed by atoms with Crippen LogP contribution in [-0.4, -0.2) is 28.6 Å². The fourth-order valence-electron chi connectivity index (χ4n) is 2.73. The minimum Gasteiger partial charge on any atom is -0.495 e. The Morgan fingerprint density at radius 2 is 1.81 bits per heavy atom. The van der Waals surface area contributed by atoms with Crippen LogP contribution in [0.2, 0.25) is 0 Å². The second-order valence-electron chi connectivity index (χ2n) is 5.65. The third-order valence-corrected chi connectivity index (χ3v) is 5.76. The molecule has 0 saturated heterocycles. The van der Waals surface area contributed by atoms with Gasteiger partial charge in [-0.3, -0.25) is 0 Å². The maximum absolute atomic E-state index is 13.9. The highest BCUT2D eigenvalue weighted by Crippen LogP contribution is 2.43. The molecule has 6 nitrogen and oxygen atoms in total. The van der Waals surface area contributed by atoms with Crippen LogP contribution < -0.4 is 9.64 Å². The van der Waals surface area contributed by atoms with Crippen molar-refractivity contribution in [1.29, 1.82) is 0 Å². The number of sulfone groups is 1. The predicted molar refractivity (Wildman–Crippen MR) is 93.6 cm³/mol. The molecule has 2 aromatic rings. The molecule has 0 atom stereocenters. The molecule has 2 aromatic carbocycles. The number of anilines is 2. The van der Waals surface area contributed by atoms with Crippen LogP contribution in [0, 0.1) is 12.7 Å². The fraction of sp³-hybridized carbons (Fsp3) is 0.167. The maximum atomic E-state index is 13.9. The third kappa shape index (κ3) is 2.82. The first kappa shape index (κ1) is 17.9. The molecule has 0 N–H and O–H groups in total. The Kier molecular flexibility index (Phi) is 4.45. The Balaban J connectivity index is 2.35. The number of methoxy groups -OCH3 is 2. The third-order valence-electron chi connectivity index (χ3n) is 3.99. The largest absolute Gasteiger partial charge is 0.495 e. The van der Waals surface area contributed by atoms with E-state index in [1.807, 2.05) is 13.0 Å². The van der Waals surface area contributed by atoms with Gasteiger partial charge < -0.3 is 14.4 Å². The number of fused-ring (bicyclic) bond motifs is 1. The van der Waals surface area contributed by atoms with Crippen molar-refractivity contribution in [3.05, 3.63) is 58.9 Å². The average molecular weight is 377 g/mol. The number of halogens is 1. The zero-order valence-corrected chi connectivity index (χ0v) is 15.1. The van der Waals surface area contributed by atoms with Gasteiger partial charge in [-0.2, -0.15) is 0 Å². The van der Waals surface area contributed by atoms with Gasteiger partial charge in [-0.05, 0) is 42.8 Å². The first-order valence-corrected chi connectivity index (χ1v) is 9.06. The zero-order valence-electron chi connectivity index (χ0n) is 14.3. The van der Waals surface area contributed by atoms with Crippen LogP contribution in [0.1, 0.15) is 5.56 Å². The molecule has 0 amide bonds. The molecule has 0 aromatic heterocycles. The van der Waals surface area contributed by atoms with Crippen LogP contribution in [0.3, 0.4) is 0 Å². The van der Waals surface area contributed by atoms with Gasteiger partial charge in [0.05, 0.1) is 30.5 Å². The Labute approximate surface area is 150 Å². The summed E-state index contributed by atoms with van der Waals surface area (Å²) in [5.74, 6) is -1.17. The summed E-state index contributed by atoms with van der Waals surface area (Å²) in [6.07, 6.45) is 1.13. The number of carbonyl (C=O) groups excluding carboxylic acids is 1. The monoisotopic (exact) mass is 377 g/mol. The number of hydrogen-bond acceptors (Lipinski definition) is 6. The molecule has 0 unspecified atom stereocenters. The summed E-state index contributed by atoms with van der Waals surface area (Å²) >= 11 is 0. The fourth-order valence-corrected chi connectivity index (χ4v) is 4.19. The number of ether oxygens (including phenoxy) is 2. The van der Waals surface area contributed by atoms with E-state index < -0.39 is 26.5 Å². The first-order chi connectivity index (χ1) is 12.3. The highest BCUT2D eigenvalue weighted by molar-refractivity contribution is 7.96. The van der Waals surface area contributed by atoms with Crippen LogP contribution in [0.25, 0.3) is 0 Å². The molecular weight excluding hydrogens is 361 g/mol. The molecule has 0 aliphatic carbocycles. The lowest BCUT2D eigenvalue weighted by Crippen LogP contribution is -2.26. The normalized spacial score (nSPS) is 15.1. The first-order valence-electron chi connectivity index (χ1n) is 7.58. The topological polar surface area (TPSA) is 72.9 Å². The minimum absolute atomic E-state index is 0.0848.